The third-order valence-electron chi connectivity index (χ3n) is 4.78. The molecule has 1 aliphatic heterocycles. The minimum absolute atomic E-state index is 0.0188. The molecule has 3 rings (SSSR count). The Morgan fingerprint density at radius 1 is 1.40 bits per heavy atom. The second-order valence-corrected chi connectivity index (χ2v) is 8.10. The van der Waals surface area contributed by atoms with Crippen molar-refractivity contribution < 1.29 is 9.53 Å². The molecule has 1 saturated heterocycles. The minimum Gasteiger partial charge on any atom is -0.378 e. The monoisotopic (exact) mass is 363 g/mol. The van der Waals surface area contributed by atoms with Crippen molar-refractivity contribution in [1.82, 2.24) is 10.3 Å². The summed E-state index contributed by atoms with van der Waals surface area (Å²) < 4.78 is 5.43. The maximum absolute atomic E-state index is 12.7. The Morgan fingerprint density at radius 2 is 2.16 bits per heavy atom. The fourth-order valence-corrected chi connectivity index (χ4v) is 4.02. The van der Waals surface area contributed by atoms with Gasteiger partial charge in [0.05, 0.1) is 18.8 Å². The van der Waals surface area contributed by atoms with Crippen LogP contribution in [0.1, 0.15) is 48.5 Å². The average molecular weight is 364 g/mol. The van der Waals surface area contributed by atoms with Crippen molar-refractivity contribution in [2.45, 2.75) is 44.6 Å². The van der Waals surface area contributed by atoms with E-state index in [-0.39, 0.29) is 5.91 Å². The van der Waals surface area contributed by atoms with Crippen molar-refractivity contribution in [2.75, 3.05) is 43.5 Å². The van der Waals surface area contributed by atoms with Crippen molar-refractivity contribution in [2.24, 2.45) is 5.92 Å². The number of aromatic nitrogens is 1. The van der Waals surface area contributed by atoms with Gasteiger partial charge in [-0.25, -0.2) is 4.98 Å². The lowest BCUT2D eigenvalue weighted by Crippen LogP contribution is -2.37. The van der Waals surface area contributed by atoms with Gasteiger partial charge in [0, 0.05) is 19.6 Å². The maximum atomic E-state index is 12.7. The van der Waals surface area contributed by atoms with Crippen LogP contribution in [-0.2, 0) is 4.74 Å². The molecule has 25 heavy (non-hydrogen) atoms. The predicted molar refractivity (Wildman–Crippen MR) is 103 cm³/mol. The molecule has 0 aromatic carbocycles. The third kappa shape index (κ3) is 5.11. The van der Waals surface area contributed by atoms with E-state index >= 15 is 0 Å². The van der Waals surface area contributed by atoms with Crippen LogP contribution in [-0.4, -0.2) is 49.5 Å². The highest BCUT2D eigenvalue weighted by Crippen LogP contribution is 2.33. The van der Waals surface area contributed by atoms with Crippen LogP contribution in [0.2, 0.25) is 0 Å². The third-order valence-corrected chi connectivity index (χ3v) is 5.64. The number of hydrogen-bond acceptors (Lipinski definition) is 5. The van der Waals surface area contributed by atoms with Gasteiger partial charge < -0.3 is 15.0 Å². The van der Waals surface area contributed by atoms with E-state index in [0.29, 0.717) is 0 Å². The van der Waals surface area contributed by atoms with Gasteiger partial charge in [-0.1, -0.05) is 19.8 Å². The van der Waals surface area contributed by atoms with E-state index in [2.05, 4.69) is 17.1 Å². The molecule has 2 heterocycles. The number of hydrogen-bond donors (Lipinski definition) is 1. The van der Waals surface area contributed by atoms with Crippen LogP contribution < -0.4 is 10.2 Å². The molecular formula is C19H29N3O2S. The standard InChI is InChI=1S/C19H29N3O2S/c1-3-25-19-17(18(23)20-8-4-5-15-6-7-15)14(2)13-16(21-19)22-9-11-24-12-10-22/h13,15H,3-12H2,1-2H3,(H,20,23). The molecule has 0 unspecified atom stereocenters. The highest BCUT2D eigenvalue weighted by molar-refractivity contribution is 7.99. The van der Waals surface area contributed by atoms with E-state index in [1.54, 1.807) is 11.8 Å². The first-order chi connectivity index (χ1) is 12.2. The van der Waals surface area contributed by atoms with Gasteiger partial charge in [0.2, 0.25) is 0 Å². The van der Waals surface area contributed by atoms with Gasteiger partial charge in [0.1, 0.15) is 10.8 Å². The van der Waals surface area contributed by atoms with E-state index in [4.69, 9.17) is 9.72 Å². The summed E-state index contributed by atoms with van der Waals surface area (Å²) in [5, 5.41) is 3.95. The second kappa shape index (κ2) is 8.90. The predicted octanol–water partition coefficient (Wildman–Crippen LogP) is 3.26. The summed E-state index contributed by atoms with van der Waals surface area (Å²) in [7, 11) is 0. The molecule has 5 nitrogen and oxygen atoms in total. The van der Waals surface area contributed by atoms with Crippen LogP contribution in [0.4, 0.5) is 5.82 Å². The zero-order chi connectivity index (χ0) is 17.6. The Bertz CT molecular complexity index is 599. The first-order valence-corrected chi connectivity index (χ1v) is 10.4. The number of nitrogens with one attached hydrogen (secondary N) is 1. The number of thioether (sulfide) groups is 1. The van der Waals surface area contributed by atoms with Crippen LogP contribution in [0.3, 0.4) is 0 Å². The lowest BCUT2D eigenvalue weighted by Gasteiger charge is -2.28. The number of carbonyl (C=O) groups excluding carboxylic acids is 1. The Morgan fingerprint density at radius 3 is 2.84 bits per heavy atom. The van der Waals surface area contributed by atoms with E-state index < -0.39 is 0 Å². The van der Waals surface area contributed by atoms with Crippen molar-refractivity contribution in [1.29, 1.82) is 0 Å². The van der Waals surface area contributed by atoms with E-state index in [1.807, 2.05) is 13.0 Å². The number of pyridine rings is 1. The SMILES string of the molecule is CCSc1nc(N2CCOCC2)cc(C)c1C(=O)NCCCC1CC1. The van der Waals surface area contributed by atoms with E-state index in [9.17, 15) is 4.79 Å². The summed E-state index contributed by atoms with van der Waals surface area (Å²) >= 11 is 1.65. The number of morpholine rings is 1. The van der Waals surface area contributed by atoms with Crippen molar-refractivity contribution >= 4 is 23.5 Å². The highest BCUT2D eigenvalue weighted by atomic mass is 32.2. The molecule has 6 heteroatoms. The summed E-state index contributed by atoms with van der Waals surface area (Å²) in [6, 6.07) is 2.05. The summed E-state index contributed by atoms with van der Waals surface area (Å²) in [6.07, 6.45) is 5.06. The van der Waals surface area contributed by atoms with Crippen molar-refractivity contribution in [3.05, 3.63) is 17.2 Å². The van der Waals surface area contributed by atoms with E-state index in [0.717, 1.165) is 72.9 Å². The summed E-state index contributed by atoms with van der Waals surface area (Å²) in [5.41, 5.74) is 1.75. The Labute approximate surface area is 154 Å². The van der Waals surface area contributed by atoms with Gasteiger partial charge in [0.25, 0.3) is 5.91 Å². The maximum Gasteiger partial charge on any atom is 0.254 e. The van der Waals surface area contributed by atoms with Crippen molar-refractivity contribution in [3.63, 3.8) is 0 Å². The molecule has 1 saturated carbocycles. The number of aryl methyl sites for hydroxylation is 1. The average Bonchev–Trinajstić information content (AvgIpc) is 3.43. The van der Waals surface area contributed by atoms with Crippen LogP contribution in [0.25, 0.3) is 0 Å². The number of carbonyl (C=O) groups is 1. The Balaban J connectivity index is 1.70. The summed E-state index contributed by atoms with van der Waals surface area (Å²) in [5.74, 6) is 2.80. The lowest BCUT2D eigenvalue weighted by molar-refractivity contribution is 0.0948. The van der Waals surface area contributed by atoms with Gasteiger partial charge in [-0.2, -0.15) is 0 Å². The van der Waals surface area contributed by atoms with Crippen LogP contribution in [0.15, 0.2) is 11.1 Å². The fraction of sp³-hybridized carbons (Fsp3) is 0.684. The zero-order valence-corrected chi connectivity index (χ0v) is 16.2. The van der Waals surface area contributed by atoms with E-state index in [1.165, 1.54) is 19.3 Å². The molecule has 0 atom stereocenters. The fourth-order valence-electron chi connectivity index (χ4n) is 3.19. The molecule has 0 spiro atoms. The molecule has 138 valence electrons. The molecule has 1 aliphatic carbocycles. The molecule has 1 N–H and O–H groups in total. The van der Waals surface area contributed by atoms with Gasteiger partial charge >= 0.3 is 0 Å². The number of nitrogens with zero attached hydrogens (tertiary/aromatic N) is 2. The molecule has 0 bridgehead atoms. The largest absolute Gasteiger partial charge is 0.378 e. The topological polar surface area (TPSA) is 54.5 Å². The van der Waals surface area contributed by atoms with Gasteiger partial charge in [0.15, 0.2) is 0 Å². The quantitative estimate of drug-likeness (QED) is 0.567. The molecule has 1 aromatic heterocycles. The number of ether oxygens (including phenoxy) is 1. The van der Waals surface area contributed by atoms with Gasteiger partial charge in [-0.15, -0.1) is 11.8 Å². The first-order valence-electron chi connectivity index (χ1n) is 9.44. The number of rotatable bonds is 8. The normalized spacial score (nSPS) is 17.6. The zero-order valence-electron chi connectivity index (χ0n) is 15.3. The van der Waals surface area contributed by atoms with Crippen LogP contribution in [0.5, 0.6) is 0 Å². The summed E-state index contributed by atoms with van der Waals surface area (Å²) in [6.45, 7) is 8.06. The first kappa shape index (κ1) is 18.5. The molecule has 0 radical (unpaired) electrons. The Hall–Kier alpha value is -1.27. The van der Waals surface area contributed by atoms with Crippen LogP contribution in [0, 0.1) is 12.8 Å². The smallest absolute Gasteiger partial charge is 0.254 e. The lowest BCUT2D eigenvalue weighted by atomic mass is 10.1. The Kier molecular flexibility index (Phi) is 6.59. The molecule has 2 fully saturated rings. The summed E-state index contributed by atoms with van der Waals surface area (Å²) in [4.78, 5) is 19.8. The molecule has 1 aromatic rings. The van der Waals surface area contributed by atoms with Crippen molar-refractivity contribution in [3.8, 4) is 0 Å². The van der Waals surface area contributed by atoms with Crippen LogP contribution >= 0.6 is 11.8 Å². The molecule has 1 amide bonds. The minimum atomic E-state index is 0.0188. The second-order valence-electron chi connectivity index (χ2n) is 6.85. The number of amides is 1. The van der Waals surface area contributed by atoms with Gasteiger partial charge in [-0.3, -0.25) is 4.79 Å². The molecule has 2 aliphatic rings. The number of anilines is 1. The van der Waals surface area contributed by atoms with Gasteiger partial charge in [-0.05, 0) is 43.1 Å². The highest BCUT2D eigenvalue weighted by Gasteiger charge is 2.22. The molecular weight excluding hydrogens is 334 g/mol.